The Hall–Kier alpha value is -3.97. The number of hydrogen-bond acceptors (Lipinski definition) is 4. The van der Waals surface area contributed by atoms with Gasteiger partial charge in [0.1, 0.15) is 5.82 Å². The van der Waals surface area contributed by atoms with E-state index in [2.05, 4.69) is 58.3 Å². The van der Waals surface area contributed by atoms with Gasteiger partial charge in [-0.3, -0.25) is 9.59 Å². The van der Waals surface area contributed by atoms with Gasteiger partial charge in [0.2, 0.25) is 5.91 Å². The number of imidazole rings is 1. The molecule has 2 N–H and O–H groups in total. The molecule has 0 saturated heterocycles. The van der Waals surface area contributed by atoms with Crippen LogP contribution in [0.1, 0.15) is 57.2 Å². The first-order valence-corrected chi connectivity index (χ1v) is 12.8. The van der Waals surface area contributed by atoms with E-state index in [9.17, 15) is 9.59 Å². The van der Waals surface area contributed by atoms with Crippen molar-refractivity contribution < 1.29 is 9.59 Å². The molecule has 6 nitrogen and oxygen atoms in total. The van der Waals surface area contributed by atoms with Crippen molar-refractivity contribution in [3.05, 3.63) is 88.3 Å². The number of nitrogens with two attached hydrogens (primary N) is 1. The Morgan fingerprint density at radius 1 is 1.03 bits per heavy atom. The lowest BCUT2D eigenvalue weighted by Crippen LogP contribution is -2.14. The average Bonchev–Trinajstić information content (AvgIpc) is 3.53. The van der Waals surface area contributed by atoms with Gasteiger partial charge in [-0.2, -0.15) is 0 Å². The number of nitrogens with zero attached hydrogens (tertiary/aromatic N) is 3. The summed E-state index contributed by atoms with van der Waals surface area (Å²) in [5.41, 5.74) is 13.4. The molecule has 2 aromatic carbocycles. The normalized spacial score (nSPS) is 11.3. The van der Waals surface area contributed by atoms with Crippen LogP contribution >= 0.6 is 11.3 Å². The number of ketones is 1. The topological polar surface area (TPSA) is 82.9 Å². The molecular weight excluding hydrogens is 468 g/mol. The standard InChI is InChI=1S/C29H28N4O2S/c1-5-6-20-14-22(8-10-24(20)29(30)35)33-25(15-28-26(33)16-27(36-28)18(3)34)23-9-7-21(13-17(23)2)32-12-11-31-19(32)4/h7-16H,5-6H2,1-4H3,(H2,30,35). The minimum Gasteiger partial charge on any atom is -0.366 e. The highest BCUT2D eigenvalue weighted by Crippen LogP contribution is 2.38. The summed E-state index contributed by atoms with van der Waals surface area (Å²) >= 11 is 1.50. The molecule has 0 aliphatic heterocycles. The zero-order chi connectivity index (χ0) is 25.6. The molecule has 0 atom stereocenters. The van der Waals surface area contributed by atoms with Gasteiger partial charge in [0.15, 0.2) is 5.78 Å². The van der Waals surface area contributed by atoms with Crippen LogP contribution in [0.2, 0.25) is 0 Å². The second kappa shape index (κ2) is 9.24. The van der Waals surface area contributed by atoms with Crippen molar-refractivity contribution in [3.8, 4) is 22.6 Å². The zero-order valence-electron chi connectivity index (χ0n) is 20.8. The monoisotopic (exact) mass is 496 g/mol. The molecule has 0 spiro atoms. The summed E-state index contributed by atoms with van der Waals surface area (Å²) in [5, 5.41) is 0. The van der Waals surface area contributed by atoms with Crippen LogP contribution < -0.4 is 5.73 Å². The van der Waals surface area contributed by atoms with Crippen LogP contribution in [0.4, 0.5) is 0 Å². The van der Waals surface area contributed by atoms with Crippen molar-refractivity contribution in [1.82, 2.24) is 14.1 Å². The molecule has 0 aliphatic rings. The minimum absolute atomic E-state index is 0.0521. The van der Waals surface area contributed by atoms with E-state index < -0.39 is 5.91 Å². The number of thiophene rings is 1. The molecule has 5 rings (SSSR count). The van der Waals surface area contributed by atoms with Gasteiger partial charge in [-0.25, -0.2) is 4.98 Å². The Balaban J connectivity index is 1.73. The number of amides is 1. The summed E-state index contributed by atoms with van der Waals surface area (Å²) < 4.78 is 5.29. The number of hydrogen-bond donors (Lipinski definition) is 1. The maximum absolute atomic E-state index is 12.1. The summed E-state index contributed by atoms with van der Waals surface area (Å²) in [5.74, 6) is 0.565. The van der Waals surface area contributed by atoms with Crippen LogP contribution in [0, 0.1) is 13.8 Å². The molecule has 0 bridgehead atoms. The Morgan fingerprint density at radius 3 is 2.44 bits per heavy atom. The first kappa shape index (κ1) is 23.8. The molecule has 1 amide bonds. The van der Waals surface area contributed by atoms with E-state index in [0.717, 1.165) is 67.5 Å². The van der Waals surface area contributed by atoms with E-state index in [1.807, 2.05) is 31.3 Å². The summed E-state index contributed by atoms with van der Waals surface area (Å²) in [7, 11) is 0. The number of benzene rings is 2. The largest absolute Gasteiger partial charge is 0.366 e. The number of rotatable bonds is 7. The highest BCUT2D eigenvalue weighted by Gasteiger charge is 2.20. The number of aromatic nitrogens is 3. The van der Waals surface area contributed by atoms with Gasteiger partial charge in [0.05, 0.1) is 20.8 Å². The van der Waals surface area contributed by atoms with Gasteiger partial charge in [-0.1, -0.05) is 19.4 Å². The van der Waals surface area contributed by atoms with Crippen molar-refractivity contribution >= 4 is 33.2 Å². The molecule has 0 aliphatic carbocycles. The van der Waals surface area contributed by atoms with E-state index in [1.165, 1.54) is 11.3 Å². The quantitative estimate of drug-likeness (QED) is 0.264. The SMILES string of the molecule is CCCc1cc(-n2c(-c3ccc(-n4ccnc4C)cc3C)cc3sc(C(C)=O)cc32)ccc1C(N)=O. The smallest absolute Gasteiger partial charge is 0.248 e. The maximum Gasteiger partial charge on any atom is 0.248 e. The molecular formula is C29H28N4O2S. The Kier molecular flexibility index (Phi) is 6.10. The molecule has 36 heavy (non-hydrogen) atoms. The Morgan fingerprint density at radius 2 is 1.81 bits per heavy atom. The fourth-order valence-electron chi connectivity index (χ4n) is 4.81. The second-order valence-electron chi connectivity index (χ2n) is 9.08. The predicted molar refractivity (Wildman–Crippen MR) is 146 cm³/mol. The lowest BCUT2D eigenvalue weighted by atomic mass is 10.0. The first-order valence-electron chi connectivity index (χ1n) is 12.0. The molecule has 3 heterocycles. The third kappa shape index (κ3) is 4.05. The molecule has 182 valence electrons. The van der Waals surface area contributed by atoms with Gasteiger partial charge in [0, 0.05) is 34.9 Å². The fourth-order valence-corrected chi connectivity index (χ4v) is 5.79. The van der Waals surface area contributed by atoms with Crippen molar-refractivity contribution in [3.63, 3.8) is 0 Å². The van der Waals surface area contributed by atoms with E-state index >= 15 is 0 Å². The maximum atomic E-state index is 12.1. The van der Waals surface area contributed by atoms with Gasteiger partial charge in [0.25, 0.3) is 0 Å². The fraction of sp³-hybridized carbons (Fsp3) is 0.207. The van der Waals surface area contributed by atoms with E-state index in [4.69, 9.17) is 5.73 Å². The lowest BCUT2D eigenvalue weighted by molar-refractivity contribution is 0.0996. The number of fused-ring (bicyclic) bond motifs is 1. The van der Waals surface area contributed by atoms with Crippen molar-refractivity contribution in [2.45, 2.75) is 40.5 Å². The van der Waals surface area contributed by atoms with Crippen LogP contribution in [-0.4, -0.2) is 25.8 Å². The molecule has 0 unspecified atom stereocenters. The highest BCUT2D eigenvalue weighted by molar-refractivity contribution is 7.20. The van der Waals surface area contributed by atoms with Crippen LogP contribution in [0.5, 0.6) is 0 Å². The van der Waals surface area contributed by atoms with E-state index in [0.29, 0.717) is 5.56 Å². The number of carbonyl (C=O) groups excluding carboxylic acids is 2. The van der Waals surface area contributed by atoms with Gasteiger partial charge in [-0.05, 0) is 80.8 Å². The van der Waals surface area contributed by atoms with Gasteiger partial charge in [-0.15, -0.1) is 11.3 Å². The van der Waals surface area contributed by atoms with E-state index in [-0.39, 0.29) is 5.78 Å². The number of Topliss-reactive ketones (excluding diaryl/α,β-unsaturated/α-hetero) is 1. The third-order valence-electron chi connectivity index (χ3n) is 6.56. The lowest BCUT2D eigenvalue weighted by Gasteiger charge is -2.16. The van der Waals surface area contributed by atoms with Crippen LogP contribution in [0.3, 0.4) is 0 Å². The van der Waals surface area contributed by atoms with E-state index in [1.54, 1.807) is 13.1 Å². The van der Waals surface area contributed by atoms with Crippen LogP contribution in [0.25, 0.3) is 32.8 Å². The average molecular weight is 497 g/mol. The summed E-state index contributed by atoms with van der Waals surface area (Å²) in [6, 6.07) is 16.3. The highest BCUT2D eigenvalue weighted by atomic mass is 32.1. The first-order chi connectivity index (χ1) is 17.3. The predicted octanol–water partition coefficient (Wildman–Crippen LogP) is 6.42. The molecule has 7 heteroatoms. The minimum atomic E-state index is -0.418. The van der Waals surface area contributed by atoms with Gasteiger partial charge < -0.3 is 14.9 Å². The van der Waals surface area contributed by atoms with Crippen molar-refractivity contribution in [2.75, 3.05) is 0 Å². The summed E-state index contributed by atoms with van der Waals surface area (Å²) in [6.45, 7) is 7.77. The zero-order valence-corrected chi connectivity index (χ0v) is 21.6. The number of carbonyl (C=O) groups is 2. The molecule has 5 aromatic rings. The Bertz CT molecular complexity index is 1640. The summed E-state index contributed by atoms with van der Waals surface area (Å²) in [6.07, 6.45) is 5.42. The number of primary amides is 1. The number of aryl methyl sites for hydroxylation is 3. The molecule has 0 saturated carbocycles. The second-order valence-corrected chi connectivity index (χ2v) is 10.2. The van der Waals surface area contributed by atoms with Crippen molar-refractivity contribution in [1.29, 1.82) is 0 Å². The molecule has 0 radical (unpaired) electrons. The van der Waals surface area contributed by atoms with Crippen LogP contribution in [0.15, 0.2) is 60.9 Å². The third-order valence-corrected chi connectivity index (χ3v) is 7.73. The van der Waals surface area contributed by atoms with Crippen molar-refractivity contribution in [2.24, 2.45) is 5.73 Å². The summed E-state index contributed by atoms with van der Waals surface area (Å²) in [4.78, 5) is 29.3. The van der Waals surface area contributed by atoms with Crippen LogP contribution in [-0.2, 0) is 6.42 Å². The molecule has 0 fully saturated rings. The van der Waals surface area contributed by atoms with Gasteiger partial charge >= 0.3 is 0 Å². The Labute approximate surface area is 214 Å². The molecule has 3 aromatic heterocycles.